The van der Waals surface area contributed by atoms with E-state index in [1.54, 1.807) is 0 Å². The number of pyridine rings is 1. The van der Waals surface area contributed by atoms with Crippen LogP contribution in [0, 0.1) is 11.8 Å². The summed E-state index contributed by atoms with van der Waals surface area (Å²) in [7, 11) is 0. The number of hydrogen-bond acceptors (Lipinski definition) is 2. The molecule has 0 amide bonds. The summed E-state index contributed by atoms with van der Waals surface area (Å²) >= 11 is 3.39. The molecule has 0 bridgehead atoms. The van der Waals surface area contributed by atoms with Crippen molar-refractivity contribution in [3.63, 3.8) is 0 Å². The quantitative estimate of drug-likeness (QED) is 0.904. The predicted molar refractivity (Wildman–Crippen MR) is 71.5 cm³/mol. The van der Waals surface area contributed by atoms with Crippen LogP contribution in [0.25, 0.3) is 0 Å². The van der Waals surface area contributed by atoms with Crippen molar-refractivity contribution in [1.82, 2.24) is 4.98 Å². The number of nitrogens with zero attached hydrogens (tertiary/aromatic N) is 1. The van der Waals surface area contributed by atoms with Gasteiger partial charge in [0.25, 0.3) is 0 Å². The molecule has 0 aliphatic heterocycles. The molecule has 0 aromatic carbocycles. The smallest absolute Gasteiger partial charge is 0.125 e. The fourth-order valence-electron chi connectivity index (χ4n) is 2.26. The van der Waals surface area contributed by atoms with Crippen molar-refractivity contribution in [3.8, 4) is 0 Å². The monoisotopic (exact) mass is 282 g/mol. The van der Waals surface area contributed by atoms with Crippen LogP contribution in [0.2, 0.25) is 0 Å². The Morgan fingerprint density at radius 3 is 2.69 bits per heavy atom. The molecule has 2 nitrogen and oxygen atoms in total. The molecule has 1 aromatic heterocycles. The van der Waals surface area contributed by atoms with E-state index in [-0.39, 0.29) is 0 Å². The van der Waals surface area contributed by atoms with Crippen molar-refractivity contribution in [2.45, 2.75) is 32.6 Å². The van der Waals surface area contributed by atoms with Gasteiger partial charge in [0, 0.05) is 17.2 Å². The summed E-state index contributed by atoms with van der Waals surface area (Å²) in [4.78, 5) is 4.32. The zero-order valence-electron chi connectivity index (χ0n) is 9.75. The number of anilines is 1. The molecular formula is C13H19BrN2. The molecule has 1 fully saturated rings. The lowest BCUT2D eigenvalue weighted by Crippen LogP contribution is -2.20. The van der Waals surface area contributed by atoms with Gasteiger partial charge >= 0.3 is 0 Å². The Morgan fingerprint density at radius 1 is 1.31 bits per heavy atom. The molecule has 1 N–H and O–H groups in total. The highest BCUT2D eigenvalue weighted by Crippen LogP contribution is 2.28. The Bertz CT molecular complexity index is 315. The van der Waals surface area contributed by atoms with E-state index in [0.717, 1.165) is 28.7 Å². The largest absolute Gasteiger partial charge is 0.370 e. The first-order chi connectivity index (χ1) is 7.74. The van der Waals surface area contributed by atoms with Gasteiger partial charge in [-0.25, -0.2) is 4.98 Å². The summed E-state index contributed by atoms with van der Waals surface area (Å²) in [5.74, 6) is 2.76. The van der Waals surface area contributed by atoms with Gasteiger partial charge in [-0.15, -0.1) is 0 Å². The van der Waals surface area contributed by atoms with Crippen molar-refractivity contribution in [2.24, 2.45) is 11.8 Å². The molecule has 1 heterocycles. The minimum atomic E-state index is 0.835. The average molecular weight is 283 g/mol. The molecule has 88 valence electrons. The average Bonchev–Trinajstić information content (AvgIpc) is 2.30. The second-order valence-electron chi connectivity index (χ2n) is 4.87. The molecule has 0 atom stereocenters. The molecular weight excluding hydrogens is 264 g/mol. The molecule has 2 rings (SSSR count). The number of nitrogens with one attached hydrogen (secondary N) is 1. The molecule has 3 heteroatoms. The van der Waals surface area contributed by atoms with Gasteiger partial charge in [0.05, 0.1) is 0 Å². The number of hydrogen-bond donors (Lipinski definition) is 1. The van der Waals surface area contributed by atoms with E-state index >= 15 is 0 Å². The van der Waals surface area contributed by atoms with Crippen molar-refractivity contribution < 1.29 is 0 Å². The van der Waals surface area contributed by atoms with E-state index in [1.165, 1.54) is 25.7 Å². The highest BCUT2D eigenvalue weighted by molar-refractivity contribution is 9.10. The van der Waals surface area contributed by atoms with Crippen LogP contribution in [0.4, 0.5) is 5.82 Å². The lowest BCUT2D eigenvalue weighted by atomic mass is 9.83. The third-order valence-corrected chi connectivity index (χ3v) is 3.90. The lowest BCUT2D eigenvalue weighted by molar-refractivity contribution is 0.300. The highest BCUT2D eigenvalue weighted by Gasteiger charge is 2.17. The van der Waals surface area contributed by atoms with Gasteiger partial charge in [-0.05, 0) is 52.7 Å². The Labute approximate surface area is 106 Å². The molecule has 1 saturated carbocycles. The van der Waals surface area contributed by atoms with Gasteiger partial charge in [0.2, 0.25) is 0 Å². The standard InChI is InChI=1S/C13H19BrN2/c1-10-2-4-11(5-3-10)8-15-13-7-6-12(14)9-16-13/h6-7,9-11H,2-5,8H2,1H3,(H,15,16). The Hall–Kier alpha value is -0.570. The van der Waals surface area contributed by atoms with Crippen LogP contribution in [-0.2, 0) is 0 Å². The van der Waals surface area contributed by atoms with Gasteiger partial charge < -0.3 is 5.32 Å². The Balaban J connectivity index is 1.77. The zero-order valence-corrected chi connectivity index (χ0v) is 11.3. The van der Waals surface area contributed by atoms with Crippen molar-refractivity contribution in [3.05, 3.63) is 22.8 Å². The molecule has 0 radical (unpaired) electrons. The maximum Gasteiger partial charge on any atom is 0.125 e. The predicted octanol–water partition coefficient (Wildman–Crippen LogP) is 4.08. The van der Waals surface area contributed by atoms with Crippen molar-refractivity contribution >= 4 is 21.7 Å². The topological polar surface area (TPSA) is 24.9 Å². The second-order valence-corrected chi connectivity index (χ2v) is 5.78. The van der Waals surface area contributed by atoms with Gasteiger partial charge in [-0.3, -0.25) is 0 Å². The van der Waals surface area contributed by atoms with Crippen LogP contribution in [0.1, 0.15) is 32.6 Å². The van der Waals surface area contributed by atoms with E-state index in [4.69, 9.17) is 0 Å². The SMILES string of the molecule is CC1CCC(CNc2ccc(Br)cn2)CC1. The van der Waals surface area contributed by atoms with Gasteiger partial charge in [-0.1, -0.05) is 19.8 Å². The first kappa shape index (κ1) is 11.9. The maximum atomic E-state index is 4.32. The molecule has 0 spiro atoms. The van der Waals surface area contributed by atoms with Crippen LogP contribution in [0.15, 0.2) is 22.8 Å². The van der Waals surface area contributed by atoms with Crippen LogP contribution in [-0.4, -0.2) is 11.5 Å². The molecule has 0 saturated heterocycles. The lowest BCUT2D eigenvalue weighted by Gasteiger charge is -2.26. The zero-order chi connectivity index (χ0) is 11.4. The summed E-state index contributed by atoms with van der Waals surface area (Å²) in [6, 6.07) is 4.05. The minimum Gasteiger partial charge on any atom is -0.370 e. The van der Waals surface area contributed by atoms with E-state index in [2.05, 4.69) is 33.2 Å². The summed E-state index contributed by atoms with van der Waals surface area (Å²) in [5, 5.41) is 3.42. The van der Waals surface area contributed by atoms with Crippen LogP contribution < -0.4 is 5.32 Å². The minimum absolute atomic E-state index is 0.835. The first-order valence-corrected chi connectivity index (χ1v) is 6.89. The normalized spacial score (nSPS) is 25.4. The van der Waals surface area contributed by atoms with Crippen LogP contribution in [0.5, 0.6) is 0 Å². The summed E-state index contributed by atoms with van der Waals surface area (Å²) in [6.45, 7) is 3.43. The van der Waals surface area contributed by atoms with Gasteiger partial charge in [-0.2, -0.15) is 0 Å². The van der Waals surface area contributed by atoms with E-state index in [9.17, 15) is 0 Å². The molecule has 0 unspecified atom stereocenters. The Kier molecular flexibility index (Phi) is 4.22. The highest BCUT2D eigenvalue weighted by atomic mass is 79.9. The summed E-state index contributed by atoms with van der Waals surface area (Å²) in [6.07, 6.45) is 7.35. The first-order valence-electron chi connectivity index (χ1n) is 6.09. The van der Waals surface area contributed by atoms with Gasteiger partial charge in [0.15, 0.2) is 0 Å². The molecule has 16 heavy (non-hydrogen) atoms. The van der Waals surface area contributed by atoms with E-state index in [0.29, 0.717) is 0 Å². The molecule has 1 aromatic rings. The van der Waals surface area contributed by atoms with E-state index < -0.39 is 0 Å². The van der Waals surface area contributed by atoms with Crippen LogP contribution >= 0.6 is 15.9 Å². The summed E-state index contributed by atoms with van der Waals surface area (Å²) in [5.41, 5.74) is 0. The summed E-state index contributed by atoms with van der Waals surface area (Å²) < 4.78 is 1.03. The fourth-order valence-corrected chi connectivity index (χ4v) is 2.50. The van der Waals surface area contributed by atoms with Gasteiger partial charge in [0.1, 0.15) is 5.82 Å². The third kappa shape index (κ3) is 3.48. The second kappa shape index (κ2) is 5.67. The van der Waals surface area contributed by atoms with Crippen molar-refractivity contribution in [1.29, 1.82) is 0 Å². The molecule has 1 aliphatic carbocycles. The molecule has 1 aliphatic rings. The van der Waals surface area contributed by atoms with Crippen molar-refractivity contribution in [2.75, 3.05) is 11.9 Å². The number of rotatable bonds is 3. The number of aromatic nitrogens is 1. The third-order valence-electron chi connectivity index (χ3n) is 3.43. The van der Waals surface area contributed by atoms with Crippen LogP contribution in [0.3, 0.4) is 0 Å². The fraction of sp³-hybridized carbons (Fsp3) is 0.615. The number of halogens is 1. The van der Waals surface area contributed by atoms with E-state index in [1.807, 2.05) is 18.3 Å². The maximum absolute atomic E-state index is 4.32. The Morgan fingerprint density at radius 2 is 2.06 bits per heavy atom.